The van der Waals surface area contributed by atoms with Crippen LogP contribution in [0.2, 0.25) is 0 Å². The Morgan fingerprint density at radius 2 is 1.62 bits per heavy atom. The van der Waals surface area contributed by atoms with Crippen molar-refractivity contribution in [3.8, 4) is 0 Å². The third-order valence-corrected chi connectivity index (χ3v) is 1.71. The Hall–Kier alpha value is -1.78. The van der Waals surface area contributed by atoms with Gasteiger partial charge in [0.05, 0.1) is 11.1 Å². The number of primary amides is 2. The maximum Gasteiger partial charge on any atom is 0.249 e. The average molecular weight is 176 g/mol. The van der Waals surface area contributed by atoms with Crippen molar-refractivity contribution in [2.24, 2.45) is 11.5 Å². The first-order valence-electron chi connectivity index (χ1n) is 3.72. The Morgan fingerprint density at radius 3 is 2.08 bits per heavy atom. The van der Waals surface area contributed by atoms with Gasteiger partial charge in [-0.1, -0.05) is 17.6 Å². The van der Waals surface area contributed by atoms with E-state index in [9.17, 15) is 9.59 Å². The Bertz CT molecular complexity index is 376. The number of benzene rings is 1. The molecule has 0 unspecified atom stereocenters. The van der Waals surface area contributed by atoms with Crippen LogP contribution in [-0.2, 0) is 0 Å². The third-order valence-electron chi connectivity index (χ3n) is 1.71. The van der Waals surface area contributed by atoms with Crippen molar-refractivity contribution < 1.29 is 9.59 Å². The minimum atomic E-state index is -0.645. The second kappa shape index (κ2) is 3.31. The Labute approximate surface area is 76.3 Å². The van der Waals surface area contributed by atoms with Crippen LogP contribution in [0, 0.1) is 0 Å². The molecule has 1 aromatic carbocycles. The third kappa shape index (κ3) is 1.87. The SMILES string of the molecule is Bc1ccc(C(N)=O)c(C(N)=O)c1. The van der Waals surface area contributed by atoms with Gasteiger partial charge in [0.15, 0.2) is 0 Å². The first-order valence-corrected chi connectivity index (χ1v) is 3.72. The fourth-order valence-electron chi connectivity index (χ4n) is 1.08. The predicted octanol–water partition coefficient (Wildman–Crippen LogP) is -1.86. The molecule has 0 bridgehead atoms. The monoisotopic (exact) mass is 176 g/mol. The molecule has 0 saturated heterocycles. The minimum absolute atomic E-state index is 0.165. The number of carbonyl (C=O) groups excluding carboxylic acids is 2. The largest absolute Gasteiger partial charge is 0.366 e. The molecule has 2 amide bonds. The Kier molecular flexibility index (Phi) is 2.37. The van der Waals surface area contributed by atoms with Gasteiger partial charge < -0.3 is 11.5 Å². The van der Waals surface area contributed by atoms with Gasteiger partial charge in [0.1, 0.15) is 7.85 Å². The van der Waals surface area contributed by atoms with Gasteiger partial charge in [-0.3, -0.25) is 9.59 Å². The van der Waals surface area contributed by atoms with Gasteiger partial charge in [-0.2, -0.15) is 0 Å². The van der Waals surface area contributed by atoms with Crippen molar-refractivity contribution in [2.75, 3.05) is 0 Å². The lowest BCUT2D eigenvalue weighted by Gasteiger charge is -2.03. The van der Waals surface area contributed by atoms with Crippen LogP contribution in [0.25, 0.3) is 0 Å². The molecular weight excluding hydrogens is 167 g/mol. The van der Waals surface area contributed by atoms with Crippen molar-refractivity contribution >= 4 is 25.1 Å². The van der Waals surface area contributed by atoms with Crippen LogP contribution in [0.5, 0.6) is 0 Å². The quantitative estimate of drug-likeness (QED) is 0.517. The van der Waals surface area contributed by atoms with E-state index in [4.69, 9.17) is 11.5 Å². The highest BCUT2D eigenvalue weighted by Crippen LogP contribution is 2.04. The van der Waals surface area contributed by atoms with Crippen LogP contribution in [0.3, 0.4) is 0 Å². The highest BCUT2D eigenvalue weighted by Gasteiger charge is 2.11. The number of nitrogens with two attached hydrogens (primary N) is 2. The molecular formula is C8H9BN2O2. The summed E-state index contributed by atoms with van der Waals surface area (Å²) in [4.78, 5) is 21.7. The molecule has 0 aliphatic heterocycles. The Morgan fingerprint density at radius 1 is 1.08 bits per heavy atom. The van der Waals surface area contributed by atoms with Gasteiger partial charge in [-0.15, -0.1) is 0 Å². The van der Waals surface area contributed by atoms with E-state index in [-0.39, 0.29) is 11.1 Å². The summed E-state index contributed by atoms with van der Waals surface area (Å²) in [6.45, 7) is 0. The zero-order valence-electron chi connectivity index (χ0n) is 7.20. The minimum Gasteiger partial charge on any atom is -0.366 e. The van der Waals surface area contributed by atoms with Gasteiger partial charge in [0.2, 0.25) is 11.8 Å². The van der Waals surface area contributed by atoms with Crippen molar-refractivity contribution in [1.82, 2.24) is 0 Å². The molecule has 5 heteroatoms. The van der Waals surface area contributed by atoms with Crippen LogP contribution in [-0.4, -0.2) is 19.7 Å². The molecule has 1 rings (SSSR count). The first-order chi connectivity index (χ1) is 6.02. The van der Waals surface area contributed by atoms with Crippen LogP contribution in [0.1, 0.15) is 20.7 Å². The highest BCUT2D eigenvalue weighted by molar-refractivity contribution is 6.33. The van der Waals surface area contributed by atoms with Crippen LogP contribution in [0.15, 0.2) is 18.2 Å². The molecule has 0 spiro atoms. The second-order valence-corrected chi connectivity index (χ2v) is 2.78. The van der Waals surface area contributed by atoms with Crippen LogP contribution >= 0.6 is 0 Å². The van der Waals surface area contributed by atoms with E-state index in [1.807, 2.05) is 0 Å². The first kappa shape index (κ1) is 9.31. The van der Waals surface area contributed by atoms with Crippen molar-refractivity contribution in [3.05, 3.63) is 29.3 Å². The molecule has 0 heterocycles. The van der Waals surface area contributed by atoms with Crippen molar-refractivity contribution in [2.45, 2.75) is 0 Å². The van der Waals surface area contributed by atoms with Crippen molar-refractivity contribution in [1.29, 1.82) is 0 Å². The maximum absolute atomic E-state index is 10.9. The zero-order valence-corrected chi connectivity index (χ0v) is 7.20. The fraction of sp³-hybridized carbons (Fsp3) is 0. The molecule has 0 atom stereocenters. The summed E-state index contributed by atoms with van der Waals surface area (Å²) >= 11 is 0. The number of hydrogen-bond donors (Lipinski definition) is 2. The van der Waals surface area contributed by atoms with E-state index < -0.39 is 11.8 Å². The van der Waals surface area contributed by atoms with Gasteiger partial charge in [0.25, 0.3) is 0 Å². The zero-order chi connectivity index (χ0) is 10.0. The summed E-state index contributed by atoms with van der Waals surface area (Å²) in [5.74, 6) is -1.29. The van der Waals surface area contributed by atoms with Gasteiger partial charge in [-0.25, -0.2) is 0 Å². The molecule has 0 saturated carbocycles. The van der Waals surface area contributed by atoms with Gasteiger partial charge >= 0.3 is 0 Å². The molecule has 0 aromatic heterocycles. The molecule has 66 valence electrons. The number of carbonyl (C=O) groups is 2. The van der Waals surface area contributed by atoms with Gasteiger partial charge in [0, 0.05) is 0 Å². The second-order valence-electron chi connectivity index (χ2n) is 2.78. The molecule has 1 aromatic rings. The maximum atomic E-state index is 10.9. The summed E-state index contributed by atoms with van der Waals surface area (Å²) in [5.41, 5.74) is 11.3. The molecule has 4 nitrogen and oxygen atoms in total. The molecule has 0 radical (unpaired) electrons. The lowest BCUT2D eigenvalue weighted by molar-refractivity contribution is 0.0967. The lowest BCUT2D eigenvalue weighted by Crippen LogP contribution is -2.22. The highest BCUT2D eigenvalue weighted by atomic mass is 16.2. The lowest BCUT2D eigenvalue weighted by atomic mass is 9.91. The normalized spacial score (nSPS) is 9.54. The number of hydrogen-bond acceptors (Lipinski definition) is 2. The van der Waals surface area contributed by atoms with E-state index in [0.29, 0.717) is 0 Å². The van der Waals surface area contributed by atoms with E-state index in [1.165, 1.54) is 6.07 Å². The summed E-state index contributed by atoms with van der Waals surface area (Å²) in [7, 11) is 1.80. The van der Waals surface area contributed by atoms with Crippen LogP contribution in [0.4, 0.5) is 0 Å². The Balaban J connectivity index is 3.35. The van der Waals surface area contributed by atoms with E-state index in [2.05, 4.69) is 0 Å². The van der Waals surface area contributed by atoms with E-state index >= 15 is 0 Å². The predicted molar refractivity (Wildman–Crippen MR) is 51.7 cm³/mol. The summed E-state index contributed by atoms with van der Waals surface area (Å²) in [6.07, 6.45) is 0. The molecule has 0 fully saturated rings. The van der Waals surface area contributed by atoms with E-state index in [1.54, 1.807) is 20.0 Å². The van der Waals surface area contributed by atoms with Crippen molar-refractivity contribution in [3.63, 3.8) is 0 Å². The smallest absolute Gasteiger partial charge is 0.249 e. The standard InChI is InChI=1S/C8H9BN2O2/c9-4-1-2-5(7(10)12)6(3-4)8(11)13/h1-3H,9H2,(H2,10,12)(H2,11,13). The summed E-state index contributed by atoms with van der Waals surface area (Å²) in [6, 6.07) is 4.74. The average Bonchev–Trinajstić information content (AvgIpc) is 2.03. The molecule has 0 aliphatic carbocycles. The molecule has 13 heavy (non-hydrogen) atoms. The number of rotatable bonds is 2. The fourth-order valence-corrected chi connectivity index (χ4v) is 1.08. The summed E-state index contributed by atoms with van der Waals surface area (Å²) in [5, 5.41) is 0. The molecule has 4 N–H and O–H groups in total. The van der Waals surface area contributed by atoms with E-state index in [0.717, 1.165) is 5.46 Å². The van der Waals surface area contributed by atoms with Gasteiger partial charge in [-0.05, 0) is 6.07 Å². The molecule has 0 aliphatic rings. The summed E-state index contributed by atoms with van der Waals surface area (Å²) < 4.78 is 0. The van der Waals surface area contributed by atoms with Crippen LogP contribution < -0.4 is 16.9 Å². The number of amides is 2. The topological polar surface area (TPSA) is 86.2 Å².